The van der Waals surface area contributed by atoms with Gasteiger partial charge in [-0.25, -0.2) is 18.2 Å². The zero-order valence-electron chi connectivity index (χ0n) is 27.4. The summed E-state index contributed by atoms with van der Waals surface area (Å²) in [6, 6.07) is 0. The van der Waals surface area contributed by atoms with Gasteiger partial charge in [0.2, 0.25) is 0 Å². The van der Waals surface area contributed by atoms with Crippen molar-refractivity contribution >= 4 is 23.2 Å². The highest BCUT2D eigenvalue weighted by Crippen LogP contribution is 2.69. The Morgan fingerprint density at radius 2 is 1.33 bits per heavy atom. The lowest BCUT2D eigenvalue weighted by atomic mass is 10.0. The Balaban J connectivity index is 1.62. The van der Waals surface area contributed by atoms with Gasteiger partial charge in [-0.05, 0) is 19.4 Å². The molecule has 1 aromatic rings. The Morgan fingerprint density at radius 3 is 1.85 bits per heavy atom. The van der Waals surface area contributed by atoms with Crippen LogP contribution in [0, 0.1) is 6.92 Å². The van der Waals surface area contributed by atoms with Crippen molar-refractivity contribution in [3.63, 3.8) is 0 Å². The fourth-order valence-electron chi connectivity index (χ4n) is 5.03. The van der Waals surface area contributed by atoms with E-state index in [1.54, 1.807) is 0 Å². The van der Waals surface area contributed by atoms with Crippen LogP contribution in [-0.4, -0.2) is 45.3 Å². The third kappa shape index (κ3) is 16.3. The molecule has 1 aliphatic rings. The van der Waals surface area contributed by atoms with E-state index in [1.165, 1.54) is 95.9 Å². The maximum absolute atomic E-state index is 12.9. The van der Waals surface area contributed by atoms with E-state index in [0.717, 1.165) is 30.9 Å². The zero-order valence-corrected chi connectivity index (χ0v) is 30.1. The van der Waals surface area contributed by atoms with Crippen LogP contribution >= 0.6 is 23.2 Å². The van der Waals surface area contributed by atoms with Crippen LogP contribution in [0.15, 0.2) is 27.9 Å². The van der Waals surface area contributed by atoms with Crippen LogP contribution < -0.4 is 11.2 Å². The van der Waals surface area contributed by atoms with Crippen LogP contribution in [0.2, 0.25) is 0 Å². The van der Waals surface area contributed by atoms with Crippen molar-refractivity contribution in [1.82, 2.24) is 9.55 Å². The van der Waals surface area contributed by atoms with Crippen LogP contribution in [-0.2, 0) is 36.1 Å². The average molecular weight is 715 g/mol. The zero-order chi connectivity index (χ0) is 34.1. The molecular formula is C29H53N2O12P3. The van der Waals surface area contributed by atoms with Gasteiger partial charge in [0.1, 0.15) is 6.10 Å². The summed E-state index contributed by atoms with van der Waals surface area (Å²) in [5.41, 5.74) is -0.991. The molecule has 2 heterocycles. The molecule has 266 valence electrons. The molecule has 3 unspecified atom stereocenters. The van der Waals surface area contributed by atoms with E-state index in [0.29, 0.717) is 12.8 Å². The molecule has 2 rings (SSSR count). The fraction of sp³-hybridized carbons (Fsp3) is 0.793. The minimum Gasteiger partial charge on any atom is -0.344 e. The second-order valence-electron chi connectivity index (χ2n) is 11.6. The van der Waals surface area contributed by atoms with Crippen molar-refractivity contribution in [2.75, 3.05) is 19.9 Å². The molecule has 0 spiro atoms. The van der Waals surface area contributed by atoms with Crippen molar-refractivity contribution in [2.24, 2.45) is 0 Å². The first kappa shape index (κ1) is 41.0. The predicted octanol–water partition coefficient (Wildman–Crippen LogP) is 7.65. The van der Waals surface area contributed by atoms with Gasteiger partial charge in [-0.2, -0.15) is 4.31 Å². The summed E-state index contributed by atoms with van der Waals surface area (Å²) in [4.78, 5) is 45.8. The number of phosphoric acid groups is 2. The van der Waals surface area contributed by atoms with E-state index in [-0.39, 0.29) is 11.7 Å². The lowest BCUT2D eigenvalue weighted by Gasteiger charge is -2.21. The van der Waals surface area contributed by atoms with Crippen molar-refractivity contribution in [1.29, 1.82) is 0 Å². The number of nitrogens with zero attached hydrogens (tertiary/aromatic N) is 1. The van der Waals surface area contributed by atoms with E-state index in [2.05, 4.69) is 16.2 Å². The van der Waals surface area contributed by atoms with Crippen LogP contribution in [0.3, 0.4) is 0 Å². The number of aromatic amines is 1. The van der Waals surface area contributed by atoms with Gasteiger partial charge in [0, 0.05) is 18.9 Å². The molecule has 0 radical (unpaired) electrons. The lowest BCUT2D eigenvalue weighted by molar-refractivity contribution is -0.0104. The highest BCUT2D eigenvalue weighted by molar-refractivity contribution is 7.68. The van der Waals surface area contributed by atoms with Crippen molar-refractivity contribution in [3.05, 3.63) is 44.8 Å². The van der Waals surface area contributed by atoms with Crippen LogP contribution in [0.25, 0.3) is 0 Å². The summed E-state index contributed by atoms with van der Waals surface area (Å²) in [6.07, 6.45) is 20.7. The number of unbranched alkanes of at least 4 members (excludes halogenated alkanes) is 15. The highest BCUT2D eigenvalue weighted by Gasteiger charge is 2.42. The third-order valence-electron chi connectivity index (χ3n) is 7.62. The molecule has 0 saturated heterocycles. The molecule has 1 aliphatic heterocycles. The van der Waals surface area contributed by atoms with Crippen molar-refractivity contribution in [2.45, 2.75) is 129 Å². The van der Waals surface area contributed by atoms with Gasteiger partial charge in [-0.15, -0.1) is 0 Å². The maximum atomic E-state index is 12.9. The lowest BCUT2D eigenvalue weighted by Crippen LogP contribution is -2.33. The second-order valence-corrected chi connectivity index (χ2v) is 17.1. The monoisotopic (exact) mass is 714 g/mol. The molecule has 0 aromatic carbocycles. The Kier molecular flexibility index (Phi) is 18.7. The number of rotatable bonds is 26. The Hall–Kier alpha value is -1.17. The largest absolute Gasteiger partial charge is 0.488 e. The van der Waals surface area contributed by atoms with E-state index in [9.17, 15) is 33.1 Å². The molecule has 0 saturated carbocycles. The maximum Gasteiger partial charge on any atom is 0.488 e. The number of aromatic nitrogens is 2. The topological polar surface area (TPSA) is 193 Å². The molecule has 0 aliphatic carbocycles. The van der Waals surface area contributed by atoms with Crippen molar-refractivity contribution < 1.29 is 45.9 Å². The summed E-state index contributed by atoms with van der Waals surface area (Å²) in [6.45, 7) is 3.14. The van der Waals surface area contributed by atoms with Gasteiger partial charge in [-0.1, -0.05) is 109 Å². The number of hydrogen-bond acceptors (Lipinski definition) is 10. The SMILES string of the molecule is CCCCCCCCCCCCCCCCCCP(=O)(OC)OP(=O)(O)OP(=O)(O)OC[C@@H]1C=C[C@H](n2cc(C)c(=O)[nH]c2=O)O1. The van der Waals surface area contributed by atoms with Gasteiger partial charge in [0.05, 0.1) is 12.8 Å². The predicted molar refractivity (Wildman–Crippen MR) is 176 cm³/mol. The number of ether oxygens (including phenoxy) is 1. The van der Waals surface area contributed by atoms with Crippen LogP contribution in [0.1, 0.15) is 121 Å². The van der Waals surface area contributed by atoms with Gasteiger partial charge >= 0.3 is 28.9 Å². The first-order valence-electron chi connectivity index (χ1n) is 16.3. The van der Waals surface area contributed by atoms with Gasteiger partial charge in [0.15, 0.2) is 6.23 Å². The molecular weight excluding hydrogens is 661 g/mol. The normalized spacial score (nSPS) is 20.4. The smallest absolute Gasteiger partial charge is 0.344 e. The van der Waals surface area contributed by atoms with Gasteiger partial charge in [0.25, 0.3) is 5.56 Å². The molecule has 0 amide bonds. The molecule has 14 nitrogen and oxygen atoms in total. The number of aryl methyl sites for hydroxylation is 1. The molecule has 46 heavy (non-hydrogen) atoms. The standard InChI is InChI=1S/C29H53N2O12P3/c1-4-5-6-7-8-9-10-11-12-13-14-15-16-17-18-19-22-44(34,39-3)42-46(37,38)43-45(35,36)40-24-26-20-21-27(41-26)31-23-25(2)28(32)30-29(31)33/h20-21,23,26-27H,4-19,22,24H2,1-3H3,(H,35,36)(H,37,38)(H,30,32,33)/t26-,27+,44?/m0/s1. The minimum absolute atomic E-state index is 0.169. The first-order chi connectivity index (χ1) is 21.8. The van der Waals surface area contributed by atoms with Crippen LogP contribution in [0.5, 0.6) is 0 Å². The Labute approximate surface area is 272 Å². The van der Waals surface area contributed by atoms with Gasteiger partial charge < -0.3 is 19.0 Å². The molecule has 0 bridgehead atoms. The number of H-pyrrole nitrogens is 1. The highest BCUT2D eigenvalue weighted by atomic mass is 31.3. The molecule has 17 heteroatoms. The summed E-state index contributed by atoms with van der Waals surface area (Å²) >= 11 is 0. The molecule has 5 atom stereocenters. The molecule has 0 fully saturated rings. The number of nitrogens with one attached hydrogen (secondary N) is 1. The van der Waals surface area contributed by atoms with Crippen molar-refractivity contribution in [3.8, 4) is 0 Å². The third-order valence-corrected chi connectivity index (χ3v) is 13.0. The Bertz CT molecular complexity index is 1330. The summed E-state index contributed by atoms with van der Waals surface area (Å²) in [5.74, 6) is 0. The van der Waals surface area contributed by atoms with Gasteiger partial charge in [-0.3, -0.25) is 23.4 Å². The van der Waals surface area contributed by atoms with E-state index in [1.807, 2.05) is 0 Å². The van der Waals surface area contributed by atoms with E-state index >= 15 is 0 Å². The summed E-state index contributed by atoms with van der Waals surface area (Å²) in [7, 11) is -13.6. The summed E-state index contributed by atoms with van der Waals surface area (Å²) in [5, 5.41) is 0. The average Bonchev–Trinajstić information content (AvgIpc) is 3.46. The fourth-order valence-corrected chi connectivity index (χ4v) is 9.63. The minimum atomic E-state index is -5.35. The quantitative estimate of drug-likeness (QED) is 0.0483. The number of phosphoric ester groups is 1. The molecule has 3 N–H and O–H groups in total. The second kappa shape index (κ2) is 21.0. The first-order valence-corrected chi connectivity index (χ1v) is 21.0. The molecule has 1 aromatic heterocycles. The van der Waals surface area contributed by atoms with Crippen LogP contribution in [0.4, 0.5) is 0 Å². The van der Waals surface area contributed by atoms with E-state index in [4.69, 9.17) is 18.1 Å². The summed E-state index contributed by atoms with van der Waals surface area (Å²) < 4.78 is 63.0. The number of hydrogen-bond donors (Lipinski definition) is 3. The Morgan fingerprint density at radius 1 is 0.804 bits per heavy atom. The van der Waals surface area contributed by atoms with E-state index < -0.39 is 53.4 Å².